The Morgan fingerprint density at radius 2 is 1.90 bits per heavy atom. The molecule has 20 heavy (non-hydrogen) atoms. The summed E-state index contributed by atoms with van der Waals surface area (Å²) in [5.41, 5.74) is 0. The van der Waals surface area contributed by atoms with Crippen molar-refractivity contribution in [3.63, 3.8) is 0 Å². The van der Waals surface area contributed by atoms with Gasteiger partial charge in [0.1, 0.15) is 0 Å². The Balaban J connectivity index is 2.25. The van der Waals surface area contributed by atoms with Gasteiger partial charge < -0.3 is 19.9 Å². The van der Waals surface area contributed by atoms with E-state index in [-0.39, 0.29) is 0 Å². The van der Waals surface area contributed by atoms with Gasteiger partial charge >= 0.3 is 0 Å². The lowest BCUT2D eigenvalue weighted by atomic mass is 10.1. The minimum Gasteiger partial charge on any atom is -0.379 e. The lowest BCUT2D eigenvalue weighted by Gasteiger charge is -2.33. The molecule has 0 saturated carbocycles. The van der Waals surface area contributed by atoms with E-state index < -0.39 is 0 Å². The Bertz CT molecular complexity index is 228. The molecule has 120 valence electrons. The van der Waals surface area contributed by atoms with E-state index in [0.717, 1.165) is 26.3 Å². The summed E-state index contributed by atoms with van der Waals surface area (Å²) in [7, 11) is 0. The Hall–Kier alpha value is -0.160. The third-order valence-corrected chi connectivity index (χ3v) is 4.47. The highest BCUT2D eigenvalue weighted by Gasteiger charge is 2.19. The zero-order chi connectivity index (χ0) is 14.8. The summed E-state index contributed by atoms with van der Waals surface area (Å²) in [6.45, 7) is 17.8. The van der Waals surface area contributed by atoms with Crippen LogP contribution in [0.25, 0.3) is 0 Å². The first-order valence-corrected chi connectivity index (χ1v) is 8.48. The van der Waals surface area contributed by atoms with E-state index in [0.29, 0.717) is 12.1 Å². The van der Waals surface area contributed by atoms with Crippen LogP contribution in [0.1, 0.15) is 40.5 Å². The minimum absolute atomic E-state index is 0.538. The van der Waals surface area contributed by atoms with Crippen LogP contribution in [0.4, 0.5) is 0 Å². The molecule has 1 aliphatic rings. The van der Waals surface area contributed by atoms with E-state index in [9.17, 15) is 0 Å². The van der Waals surface area contributed by atoms with E-state index in [1.54, 1.807) is 0 Å². The topological polar surface area (TPSA) is 27.7 Å². The Morgan fingerprint density at radius 1 is 1.15 bits per heavy atom. The normalized spacial score (nSPS) is 21.6. The summed E-state index contributed by atoms with van der Waals surface area (Å²) in [5.74, 6) is 0. The molecule has 1 fully saturated rings. The Kier molecular flexibility index (Phi) is 9.44. The average Bonchev–Trinajstić information content (AvgIpc) is 2.48. The SMILES string of the molecule is CCN(CC)CCCN(CC)C(C)CC1COCCN1. The van der Waals surface area contributed by atoms with Crippen LogP contribution in [0.15, 0.2) is 0 Å². The summed E-state index contributed by atoms with van der Waals surface area (Å²) >= 11 is 0. The highest BCUT2D eigenvalue weighted by atomic mass is 16.5. The van der Waals surface area contributed by atoms with Gasteiger partial charge in [-0.2, -0.15) is 0 Å². The first-order chi connectivity index (χ1) is 9.71. The molecule has 0 bridgehead atoms. The second kappa shape index (κ2) is 10.6. The molecule has 0 aromatic heterocycles. The largest absolute Gasteiger partial charge is 0.379 e. The second-order valence-electron chi connectivity index (χ2n) is 5.82. The van der Waals surface area contributed by atoms with E-state index >= 15 is 0 Å². The van der Waals surface area contributed by atoms with Crippen molar-refractivity contribution in [1.29, 1.82) is 0 Å². The van der Waals surface area contributed by atoms with Crippen LogP contribution in [0, 0.1) is 0 Å². The summed E-state index contributed by atoms with van der Waals surface area (Å²) < 4.78 is 5.55. The first kappa shape index (κ1) is 17.9. The summed E-state index contributed by atoms with van der Waals surface area (Å²) in [5, 5.41) is 3.56. The Labute approximate surface area is 125 Å². The van der Waals surface area contributed by atoms with Gasteiger partial charge in [0.25, 0.3) is 0 Å². The fourth-order valence-electron chi connectivity index (χ4n) is 3.06. The summed E-state index contributed by atoms with van der Waals surface area (Å²) in [6, 6.07) is 1.17. The van der Waals surface area contributed by atoms with Gasteiger partial charge in [-0.25, -0.2) is 0 Å². The van der Waals surface area contributed by atoms with Crippen molar-refractivity contribution in [1.82, 2.24) is 15.1 Å². The smallest absolute Gasteiger partial charge is 0.0620 e. The van der Waals surface area contributed by atoms with Crippen LogP contribution < -0.4 is 5.32 Å². The number of hydrogen-bond acceptors (Lipinski definition) is 4. The lowest BCUT2D eigenvalue weighted by Crippen LogP contribution is -2.46. The number of ether oxygens (including phenoxy) is 1. The van der Waals surface area contributed by atoms with Gasteiger partial charge in [0.15, 0.2) is 0 Å². The molecule has 4 heteroatoms. The standard InChI is InChI=1S/C16H35N3O/c1-5-18(6-2)10-8-11-19(7-3)15(4)13-16-14-20-12-9-17-16/h15-17H,5-14H2,1-4H3. The molecule has 1 rings (SSSR count). The number of morpholine rings is 1. The molecule has 0 aromatic rings. The van der Waals surface area contributed by atoms with Crippen molar-refractivity contribution in [2.24, 2.45) is 0 Å². The number of nitrogens with one attached hydrogen (secondary N) is 1. The van der Waals surface area contributed by atoms with Gasteiger partial charge in [0, 0.05) is 18.6 Å². The number of rotatable bonds is 10. The molecule has 1 saturated heterocycles. The third kappa shape index (κ3) is 6.53. The molecule has 2 unspecified atom stereocenters. The molecule has 0 amide bonds. The monoisotopic (exact) mass is 285 g/mol. The maximum absolute atomic E-state index is 5.55. The van der Waals surface area contributed by atoms with E-state index in [1.807, 2.05) is 0 Å². The van der Waals surface area contributed by atoms with Gasteiger partial charge in [-0.15, -0.1) is 0 Å². The van der Waals surface area contributed by atoms with Gasteiger partial charge in [-0.3, -0.25) is 0 Å². The predicted octanol–water partition coefficient (Wildman–Crippen LogP) is 1.81. The van der Waals surface area contributed by atoms with E-state index in [1.165, 1.54) is 39.0 Å². The van der Waals surface area contributed by atoms with Crippen LogP contribution in [0.2, 0.25) is 0 Å². The van der Waals surface area contributed by atoms with Crippen molar-refractivity contribution < 1.29 is 4.74 Å². The molecule has 4 nitrogen and oxygen atoms in total. The van der Waals surface area contributed by atoms with Crippen molar-refractivity contribution in [2.75, 3.05) is 52.5 Å². The van der Waals surface area contributed by atoms with Crippen molar-refractivity contribution in [3.8, 4) is 0 Å². The fraction of sp³-hybridized carbons (Fsp3) is 1.00. The molecular weight excluding hydrogens is 250 g/mol. The Morgan fingerprint density at radius 3 is 2.45 bits per heavy atom. The van der Waals surface area contributed by atoms with Crippen molar-refractivity contribution in [3.05, 3.63) is 0 Å². The molecule has 2 atom stereocenters. The predicted molar refractivity (Wildman–Crippen MR) is 86.3 cm³/mol. The van der Waals surface area contributed by atoms with Gasteiger partial charge in [0.05, 0.1) is 13.2 Å². The molecular formula is C16H35N3O. The van der Waals surface area contributed by atoms with Crippen LogP contribution in [0.5, 0.6) is 0 Å². The van der Waals surface area contributed by atoms with Crippen LogP contribution in [-0.2, 0) is 4.74 Å². The van der Waals surface area contributed by atoms with Gasteiger partial charge in [-0.1, -0.05) is 20.8 Å². The average molecular weight is 285 g/mol. The van der Waals surface area contributed by atoms with Crippen LogP contribution >= 0.6 is 0 Å². The second-order valence-corrected chi connectivity index (χ2v) is 5.82. The third-order valence-electron chi connectivity index (χ3n) is 4.47. The van der Waals surface area contributed by atoms with Crippen molar-refractivity contribution >= 4 is 0 Å². The lowest BCUT2D eigenvalue weighted by molar-refractivity contribution is 0.0619. The van der Waals surface area contributed by atoms with Gasteiger partial charge in [-0.05, 0) is 52.5 Å². The highest BCUT2D eigenvalue weighted by molar-refractivity contribution is 4.77. The molecule has 1 N–H and O–H groups in total. The number of hydrogen-bond donors (Lipinski definition) is 1. The maximum atomic E-state index is 5.55. The van der Waals surface area contributed by atoms with Crippen molar-refractivity contribution in [2.45, 2.75) is 52.6 Å². The van der Waals surface area contributed by atoms with Gasteiger partial charge in [0.2, 0.25) is 0 Å². The molecule has 0 aliphatic carbocycles. The zero-order valence-corrected chi connectivity index (χ0v) is 14.0. The molecule has 0 aromatic carbocycles. The quantitative estimate of drug-likeness (QED) is 0.662. The highest BCUT2D eigenvalue weighted by Crippen LogP contribution is 2.10. The van der Waals surface area contributed by atoms with E-state index in [2.05, 4.69) is 42.8 Å². The zero-order valence-electron chi connectivity index (χ0n) is 14.0. The molecule has 0 spiro atoms. The molecule has 1 heterocycles. The van der Waals surface area contributed by atoms with E-state index in [4.69, 9.17) is 4.74 Å². The molecule has 1 aliphatic heterocycles. The summed E-state index contributed by atoms with van der Waals surface area (Å²) in [4.78, 5) is 5.12. The number of nitrogens with zero attached hydrogens (tertiary/aromatic N) is 2. The first-order valence-electron chi connectivity index (χ1n) is 8.48. The van der Waals surface area contributed by atoms with Crippen LogP contribution in [-0.4, -0.2) is 74.4 Å². The summed E-state index contributed by atoms with van der Waals surface area (Å²) in [6.07, 6.45) is 2.47. The maximum Gasteiger partial charge on any atom is 0.0620 e. The molecule has 0 radical (unpaired) electrons. The fourth-order valence-corrected chi connectivity index (χ4v) is 3.06. The minimum atomic E-state index is 0.538. The van der Waals surface area contributed by atoms with Crippen LogP contribution in [0.3, 0.4) is 0 Å².